The van der Waals surface area contributed by atoms with E-state index in [-0.39, 0.29) is 11.9 Å². The molecule has 0 N–H and O–H groups in total. The number of rotatable bonds is 7. The summed E-state index contributed by atoms with van der Waals surface area (Å²) in [5, 5.41) is 0. The van der Waals surface area contributed by atoms with E-state index in [2.05, 4.69) is 16.9 Å². The average Bonchev–Trinajstić information content (AvgIpc) is 2.88. The van der Waals surface area contributed by atoms with Crippen LogP contribution in [0.4, 0.5) is 0 Å². The van der Waals surface area contributed by atoms with E-state index in [1.165, 1.54) is 0 Å². The van der Waals surface area contributed by atoms with Crippen molar-refractivity contribution in [2.75, 3.05) is 20.8 Å². The predicted molar refractivity (Wildman–Crippen MR) is 126 cm³/mol. The lowest BCUT2D eigenvalue weighted by molar-refractivity contribution is 0.0602. The summed E-state index contributed by atoms with van der Waals surface area (Å²) < 4.78 is 10.9. The second-order valence-electron chi connectivity index (χ2n) is 8.15. The quantitative estimate of drug-likeness (QED) is 0.515. The molecule has 1 aliphatic heterocycles. The molecule has 0 radical (unpaired) electrons. The lowest BCUT2D eigenvalue weighted by atomic mass is 9.93. The Morgan fingerprint density at radius 3 is 2.67 bits per heavy atom. The molecule has 0 spiro atoms. The Labute approximate surface area is 194 Å². The molecule has 7 heteroatoms. The standard InChI is InChI=1S/C26H30N4O3/c1-4-7-24-28-17-21(18-11-13-27-14-12-18)25(29-24)22-8-5-6-15-30(22)26(31)20-16-19(32-2)9-10-23(20)33-3/h9-14,16-17,22H,4-8,15H2,1-3H3. The molecule has 0 saturated carbocycles. The minimum absolute atomic E-state index is 0.0771. The van der Waals surface area contributed by atoms with Crippen molar-refractivity contribution in [3.63, 3.8) is 0 Å². The molecule has 1 saturated heterocycles. The van der Waals surface area contributed by atoms with Crippen LogP contribution in [0.3, 0.4) is 0 Å². The lowest BCUT2D eigenvalue weighted by Gasteiger charge is -2.36. The van der Waals surface area contributed by atoms with Crippen LogP contribution in [0.15, 0.2) is 48.9 Å². The number of hydrogen-bond acceptors (Lipinski definition) is 6. The van der Waals surface area contributed by atoms with E-state index >= 15 is 0 Å². The topological polar surface area (TPSA) is 77.4 Å². The van der Waals surface area contributed by atoms with Crippen molar-refractivity contribution in [2.24, 2.45) is 0 Å². The van der Waals surface area contributed by atoms with Crippen molar-refractivity contribution in [2.45, 2.75) is 45.1 Å². The van der Waals surface area contributed by atoms with Crippen molar-refractivity contribution in [1.29, 1.82) is 0 Å². The number of carbonyl (C=O) groups excluding carboxylic acids is 1. The molecule has 4 rings (SSSR count). The molecule has 1 atom stereocenters. The number of nitrogens with zero attached hydrogens (tertiary/aromatic N) is 4. The number of likely N-dealkylation sites (tertiary alicyclic amines) is 1. The van der Waals surface area contributed by atoms with Gasteiger partial charge in [-0.2, -0.15) is 0 Å². The second-order valence-corrected chi connectivity index (χ2v) is 8.15. The molecule has 3 aromatic rings. The van der Waals surface area contributed by atoms with Gasteiger partial charge in [0, 0.05) is 37.1 Å². The molecule has 1 unspecified atom stereocenters. The van der Waals surface area contributed by atoms with Gasteiger partial charge in [-0.3, -0.25) is 9.78 Å². The number of ether oxygens (including phenoxy) is 2. The van der Waals surface area contributed by atoms with E-state index < -0.39 is 0 Å². The maximum atomic E-state index is 13.8. The molecular formula is C26H30N4O3. The van der Waals surface area contributed by atoms with Crippen LogP contribution < -0.4 is 9.47 Å². The van der Waals surface area contributed by atoms with Gasteiger partial charge < -0.3 is 14.4 Å². The molecule has 0 aliphatic carbocycles. The van der Waals surface area contributed by atoms with Gasteiger partial charge in [0.2, 0.25) is 0 Å². The molecule has 3 heterocycles. The van der Waals surface area contributed by atoms with Crippen LogP contribution in [0.5, 0.6) is 11.5 Å². The maximum absolute atomic E-state index is 13.8. The number of piperidine rings is 1. The molecule has 0 bridgehead atoms. The third kappa shape index (κ3) is 4.82. The fourth-order valence-electron chi connectivity index (χ4n) is 4.38. The number of aromatic nitrogens is 3. The van der Waals surface area contributed by atoms with Crippen LogP contribution in [0.1, 0.15) is 60.5 Å². The SMILES string of the molecule is CCCc1ncc(-c2ccncc2)c(C2CCCCN2C(=O)c2cc(OC)ccc2OC)n1. The zero-order chi connectivity index (χ0) is 23.2. The monoisotopic (exact) mass is 446 g/mol. The van der Waals surface area contributed by atoms with Crippen LogP contribution in [0.25, 0.3) is 11.1 Å². The first kappa shape index (κ1) is 22.7. The fourth-order valence-corrected chi connectivity index (χ4v) is 4.38. The van der Waals surface area contributed by atoms with E-state index in [0.717, 1.165) is 54.7 Å². The maximum Gasteiger partial charge on any atom is 0.258 e. The van der Waals surface area contributed by atoms with E-state index in [1.807, 2.05) is 23.2 Å². The third-order valence-electron chi connectivity index (χ3n) is 6.05. The van der Waals surface area contributed by atoms with E-state index in [1.54, 1.807) is 44.8 Å². The smallest absolute Gasteiger partial charge is 0.258 e. The predicted octanol–water partition coefficient (Wildman–Crippen LogP) is 4.88. The van der Waals surface area contributed by atoms with Crippen LogP contribution >= 0.6 is 0 Å². The van der Waals surface area contributed by atoms with Gasteiger partial charge in [0.25, 0.3) is 5.91 Å². The molecule has 172 valence electrons. The highest BCUT2D eigenvalue weighted by atomic mass is 16.5. The van der Waals surface area contributed by atoms with Gasteiger partial charge >= 0.3 is 0 Å². The normalized spacial score (nSPS) is 15.8. The van der Waals surface area contributed by atoms with Crippen molar-refractivity contribution in [3.8, 4) is 22.6 Å². The molecule has 1 fully saturated rings. The average molecular weight is 447 g/mol. The largest absolute Gasteiger partial charge is 0.497 e. The van der Waals surface area contributed by atoms with Gasteiger partial charge in [0.15, 0.2) is 0 Å². The van der Waals surface area contributed by atoms with Gasteiger partial charge in [0.1, 0.15) is 17.3 Å². The summed E-state index contributed by atoms with van der Waals surface area (Å²) >= 11 is 0. The van der Waals surface area contributed by atoms with Crippen molar-refractivity contribution < 1.29 is 14.3 Å². The highest BCUT2D eigenvalue weighted by Crippen LogP contribution is 2.37. The Hall–Kier alpha value is -3.48. The Morgan fingerprint density at radius 2 is 1.94 bits per heavy atom. The summed E-state index contributed by atoms with van der Waals surface area (Å²) in [6, 6.07) is 9.09. The number of pyridine rings is 1. The van der Waals surface area contributed by atoms with Crippen LogP contribution in [-0.2, 0) is 6.42 Å². The number of carbonyl (C=O) groups is 1. The van der Waals surface area contributed by atoms with Crippen molar-refractivity contribution in [3.05, 3.63) is 66.0 Å². The molecule has 33 heavy (non-hydrogen) atoms. The summed E-state index contributed by atoms with van der Waals surface area (Å²) in [5.74, 6) is 1.89. The lowest BCUT2D eigenvalue weighted by Crippen LogP contribution is -2.39. The number of benzene rings is 1. The summed E-state index contributed by atoms with van der Waals surface area (Å²) in [6.45, 7) is 2.78. The summed E-state index contributed by atoms with van der Waals surface area (Å²) in [5.41, 5.74) is 3.34. The molecule has 1 aliphatic rings. The third-order valence-corrected chi connectivity index (χ3v) is 6.05. The molecular weight excluding hydrogens is 416 g/mol. The zero-order valence-corrected chi connectivity index (χ0v) is 19.5. The zero-order valence-electron chi connectivity index (χ0n) is 19.5. The van der Waals surface area contributed by atoms with Crippen LogP contribution in [0.2, 0.25) is 0 Å². The molecule has 1 aromatic carbocycles. The van der Waals surface area contributed by atoms with Crippen molar-refractivity contribution in [1.82, 2.24) is 19.9 Å². The van der Waals surface area contributed by atoms with Crippen LogP contribution in [-0.4, -0.2) is 46.5 Å². The van der Waals surface area contributed by atoms with Crippen LogP contribution in [0, 0.1) is 0 Å². The van der Waals surface area contributed by atoms with E-state index in [9.17, 15) is 4.79 Å². The van der Waals surface area contributed by atoms with Crippen molar-refractivity contribution >= 4 is 5.91 Å². The highest BCUT2D eigenvalue weighted by molar-refractivity contribution is 5.97. The fraction of sp³-hybridized carbons (Fsp3) is 0.385. The summed E-state index contributed by atoms with van der Waals surface area (Å²) in [6.07, 6.45) is 10.0. The van der Waals surface area contributed by atoms with Gasteiger partial charge in [-0.15, -0.1) is 0 Å². The number of hydrogen-bond donors (Lipinski definition) is 0. The second kappa shape index (κ2) is 10.4. The van der Waals surface area contributed by atoms with E-state index in [4.69, 9.17) is 14.5 Å². The summed E-state index contributed by atoms with van der Waals surface area (Å²) in [7, 11) is 3.17. The molecule has 7 nitrogen and oxygen atoms in total. The Balaban J connectivity index is 1.79. The molecule has 2 aromatic heterocycles. The number of amides is 1. The molecule has 1 amide bonds. The Bertz CT molecular complexity index is 1100. The summed E-state index contributed by atoms with van der Waals surface area (Å²) in [4.78, 5) is 29.5. The van der Waals surface area contributed by atoms with Gasteiger partial charge in [-0.25, -0.2) is 9.97 Å². The van der Waals surface area contributed by atoms with E-state index in [0.29, 0.717) is 23.6 Å². The van der Waals surface area contributed by atoms with Gasteiger partial charge in [0.05, 0.1) is 31.5 Å². The van der Waals surface area contributed by atoms with Gasteiger partial charge in [-0.1, -0.05) is 6.92 Å². The first-order valence-electron chi connectivity index (χ1n) is 11.5. The first-order chi connectivity index (χ1) is 16.2. The first-order valence-corrected chi connectivity index (χ1v) is 11.5. The minimum Gasteiger partial charge on any atom is -0.497 e. The number of methoxy groups -OCH3 is 2. The highest BCUT2D eigenvalue weighted by Gasteiger charge is 2.33. The Morgan fingerprint density at radius 1 is 1.12 bits per heavy atom. The minimum atomic E-state index is -0.149. The van der Waals surface area contributed by atoms with Gasteiger partial charge in [-0.05, 0) is 61.6 Å². The Kier molecular flexibility index (Phi) is 7.17. The number of aryl methyl sites for hydroxylation is 1.